The summed E-state index contributed by atoms with van der Waals surface area (Å²) in [5.41, 5.74) is 9.31. The van der Waals surface area contributed by atoms with E-state index in [1.807, 2.05) is 0 Å². The lowest BCUT2D eigenvalue weighted by Gasteiger charge is -2.44. The van der Waals surface area contributed by atoms with E-state index < -0.39 is 66.9 Å². The second-order valence-corrected chi connectivity index (χ2v) is 8.96. The van der Waals surface area contributed by atoms with Gasteiger partial charge in [-0.1, -0.05) is 23.2 Å². The summed E-state index contributed by atoms with van der Waals surface area (Å²) in [7, 11) is 0. The van der Waals surface area contributed by atoms with Gasteiger partial charge in [-0.25, -0.2) is 5.43 Å². The van der Waals surface area contributed by atoms with Crippen LogP contribution in [-0.2, 0) is 53.4 Å². The van der Waals surface area contributed by atoms with Crippen LogP contribution in [0.5, 0.6) is 0 Å². The number of carbonyl (C=O) groups excluding carboxylic acids is 4. The third-order valence-corrected chi connectivity index (χ3v) is 5.92. The van der Waals surface area contributed by atoms with Crippen LogP contribution in [0.1, 0.15) is 33.3 Å². The van der Waals surface area contributed by atoms with Gasteiger partial charge >= 0.3 is 23.9 Å². The van der Waals surface area contributed by atoms with Gasteiger partial charge in [-0.2, -0.15) is 0 Å². The van der Waals surface area contributed by atoms with Gasteiger partial charge in [0.15, 0.2) is 24.4 Å². The van der Waals surface area contributed by atoms with E-state index in [1.54, 1.807) is 6.07 Å². The summed E-state index contributed by atoms with van der Waals surface area (Å²) in [5, 5.41) is 4.59. The number of rotatable bonds is 7. The number of hydrogen-bond acceptors (Lipinski definition) is 13. The average Bonchev–Trinajstić information content (AvgIpc) is 3.19. The number of hydrogen-bond donors (Lipinski definition) is 2. The maximum atomic E-state index is 12.0. The minimum atomic E-state index is -1.73. The Hall–Kier alpha value is -3.13. The van der Waals surface area contributed by atoms with Crippen LogP contribution in [0, 0.1) is 0 Å². The molecule has 1 saturated heterocycles. The van der Waals surface area contributed by atoms with Crippen molar-refractivity contribution in [3.63, 3.8) is 0 Å². The van der Waals surface area contributed by atoms with Gasteiger partial charge in [0, 0.05) is 33.3 Å². The lowest BCUT2D eigenvalue weighted by molar-refractivity contribution is -0.243. The third-order valence-electron chi connectivity index (χ3n) is 5.18. The van der Waals surface area contributed by atoms with Crippen LogP contribution >= 0.6 is 23.2 Å². The molecule has 0 aliphatic carbocycles. The Morgan fingerprint density at radius 3 is 2.11 bits per heavy atom. The Morgan fingerprint density at radius 1 is 0.946 bits per heavy atom. The van der Waals surface area contributed by atoms with Gasteiger partial charge in [0.05, 0.1) is 10.0 Å². The molecule has 13 nitrogen and oxygen atoms in total. The van der Waals surface area contributed by atoms with Crippen LogP contribution in [0.4, 0.5) is 0 Å². The van der Waals surface area contributed by atoms with Crippen molar-refractivity contribution in [3.8, 4) is 0 Å². The number of hydrazone groups is 1. The number of nitrogens with zero attached hydrogens (tertiary/aromatic N) is 1. The van der Waals surface area contributed by atoms with E-state index in [0.29, 0.717) is 5.56 Å². The molecule has 0 amide bonds. The molecule has 2 aliphatic heterocycles. The molecule has 0 radical (unpaired) electrons. The Kier molecular flexibility index (Phi) is 8.84. The fourth-order valence-corrected chi connectivity index (χ4v) is 4.05. The Bertz CT molecular complexity index is 1120. The minimum Gasteiger partial charge on any atom is -0.463 e. The summed E-state index contributed by atoms with van der Waals surface area (Å²) in [6.45, 7) is 4.11. The second-order valence-electron chi connectivity index (χ2n) is 8.15. The van der Waals surface area contributed by atoms with Crippen molar-refractivity contribution in [1.82, 2.24) is 5.43 Å². The van der Waals surface area contributed by atoms with Crippen LogP contribution in [0.25, 0.3) is 0 Å². The van der Waals surface area contributed by atoms with Crippen molar-refractivity contribution in [1.29, 1.82) is 0 Å². The molecule has 2 heterocycles. The van der Waals surface area contributed by atoms with Crippen molar-refractivity contribution >= 4 is 53.0 Å². The molecular formula is C22H25Cl2N3O10. The van der Waals surface area contributed by atoms with Crippen LogP contribution in [0.2, 0.25) is 10.0 Å². The maximum absolute atomic E-state index is 12.0. The first-order valence-electron chi connectivity index (χ1n) is 10.9. The summed E-state index contributed by atoms with van der Waals surface area (Å²) in [6.07, 6.45) is -6.65. The topological polar surface area (TPSA) is 174 Å². The Labute approximate surface area is 221 Å². The molecule has 2 aliphatic rings. The highest BCUT2D eigenvalue weighted by molar-refractivity contribution is 6.42. The molecule has 0 aromatic heterocycles. The fraction of sp³-hybridized carbons (Fsp3) is 0.500. The molecule has 37 heavy (non-hydrogen) atoms. The number of nitrogens with one attached hydrogen (secondary N) is 1. The van der Waals surface area contributed by atoms with Gasteiger partial charge in [0.2, 0.25) is 5.90 Å². The molecule has 202 valence electrons. The van der Waals surface area contributed by atoms with E-state index >= 15 is 0 Å². The Morgan fingerprint density at radius 2 is 1.54 bits per heavy atom. The first-order chi connectivity index (χ1) is 17.3. The fourth-order valence-electron chi connectivity index (χ4n) is 3.75. The van der Waals surface area contributed by atoms with E-state index in [4.69, 9.17) is 57.4 Å². The van der Waals surface area contributed by atoms with Crippen LogP contribution < -0.4 is 11.2 Å². The molecule has 0 bridgehead atoms. The quantitative estimate of drug-likeness (QED) is 0.359. The highest BCUT2D eigenvalue weighted by Gasteiger charge is 2.56. The highest BCUT2D eigenvalue weighted by Crippen LogP contribution is 2.34. The molecule has 1 aromatic carbocycles. The monoisotopic (exact) mass is 561 g/mol. The molecule has 1 unspecified atom stereocenters. The van der Waals surface area contributed by atoms with Gasteiger partial charge in [-0.15, -0.1) is 5.10 Å². The minimum absolute atomic E-state index is 0.203. The van der Waals surface area contributed by atoms with Crippen molar-refractivity contribution in [2.75, 3.05) is 6.61 Å². The molecular weight excluding hydrogens is 537 g/mol. The summed E-state index contributed by atoms with van der Waals surface area (Å²) < 4.78 is 33.1. The number of carbonyl (C=O) groups is 4. The van der Waals surface area contributed by atoms with E-state index in [2.05, 4.69) is 10.5 Å². The largest absolute Gasteiger partial charge is 0.463 e. The van der Waals surface area contributed by atoms with Crippen molar-refractivity contribution in [2.24, 2.45) is 10.8 Å². The maximum Gasteiger partial charge on any atom is 0.303 e. The van der Waals surface area contributed by atoms with Crippen LogP contribution in [0.3, 0.4) is 0 Å². The zero-order valence-electron chi connectivity index (χ0n) is 20.2. The van der Waals surface area contributed by atoms with Crippen molar-refractivity contribution in [2.45, 2.75) is 64.1 Å². The molecule has 6 atom stereocenters. The van der Waals surface area contributed by atoms with Crippen LogP contribution in [-0.4, -0.2) is 66.9 Å². The molecule has 1 fully saturated rings. The van der Waals surface area contributed by atoms with E-state index in [1.165, 1.54) is 19.1 Å². The number of benzene rings is 1. The van der Waals surface area contributed by atoms with Gasteiger partial charge in [-0.3, -0.25) is 24.9 Å². The summed E-state index contributed by atoms with van der Waals surface area (Å²) in [5.74, 6) is -4.89. The van der Waals surface area contributed by atoms with Gasteiger partial charge in [0.25, 0.3) is 5.85 Å². The van der Waals surface area contributed by atoms with E-state index in [0.717, 1.165) is 20.8 Å². The van der Waals surface area contributed by atoms with Crippen LogP contribution in [0.15, 0.2) is 23.3 Å². The van der Waals surface area contributed by atoms with Gasteiger partial charge < -0.3 is 28.4 Å². The summed E-state index contributed by atoms with van der Waals surface area (Å²) in [6, 6.07) is 4.51. The zero-order chi connectivity index (χ0) is 27.5. The third kappa shape index (κ3) is 6.80. The number of halogens is 2. The van der Waals surface area contributed by atoms with Gasteiger partial charge in [0.1, 0.15) is 12.7 Å². The average molecular weight is 562 g/mol. The number of nitrogens with two attached hydrogens (primary N) is 1. The number of esters is 4. The smallest absolute Gasteiger partial charge is 0.303 e. The molecule has 3 rings (SSSR count). The molecule has 0 saturated carbocycles. The predicted molar refractivity (Wildman–Crippen MR) is 126 cm³/mol. The highest BCUT2D eigenvalue weighted by atomic mass is 35.5. The molecule has 1 aromatic rings. The standard InChI is InChI=1S/C22H25Cl2N3O10/c1-9(28)32-8-16-17(33-10(2)29)18(34-11(3)30)19(35-12(4)31)20(36-16)21-26-27-22(25,37-21)13-5-6-14(23)15(24)7-13/h5-7,16-20,27H,8,25H2,1-4H3/t16-,17-,18+,19-,20-,22?/m1/s1. The van der Waals surface area contributed by atoms with E-state index in [9.17, 15) is 19.2 Å². The summed E-state index contributed by atoms with van der Waals surface area (Å²) >= 11 is 12.1. The SMILES string of the molecule is CC(=O)OC[C@H]1O[C@@H](C2=NNC(N)(c3ccc(Cl)c(Cl)c3)O2)[C@H](OC(C)=O)[C@@H](OC(C)=O)[C@@H]1OC(C)=O. The summed E-state index contributed by atoms with van der Waals surface area (Å²) in [4.78, 5) is 47.3. The lowest BCUT2D eigenvalue weighted by Crippen LogP contribution is -2.64. The lowest BCUT2D eigenvalue weighted by atomic mass is 9.94. The zero-order valence-corrected chi connectivity index (χ0v) is 21.7. The first kappa shape index (κ1) is 28.4. The molecule has 15 heteroatoms. The predicted octanol–water partition coefficient (Wildman–Crippen LogP) is 1.12. The van der Waals surface area contributed by atoms with E-state index in [-0.39, 0.29) is 15.9 Å². The first-order valence-corrected chi connectivity index (χ1v) is 11.6. The van der Waals surface area contributed by atoms with Gasteiger partial charge in [-0.05, 0) is 18.2 Å². The second kappa shape index (κ2) is 11.5. The molecule has 3 N–H and O–H groups in total. The number of ether oxygens (including phenoxy) is 6. The Balaban J connectivity index is 1.99. The molecule has 0 spiro atoms. The van der Waals surface area contributed by atoms with Crippen molar-refractivity contribution < 1.29 is 47.6 Å². The van der Waals surface area contributed by atoms with Crippen molar-refractivity contribution in [3.05, 3.63) is 33.8 Å². The normalized spacial score (nSPS) is 28.7.